The van der Waals surface area contributed by atoms with Crippen molar-refractivity contribution in [3.05, 3.63) is 125 Å². The summed E-state index contributed by atoms with van der Waals surface area (Å²) in [6.07, 6.45) is 7.92. The fourth-order valence-electron chi connectivity index (χ4n) is 3.82. The molecule has 0 saturated heterocycles. The molecule has 0 N–H and O–H groups in total. The third-order valence-electron chi connectivity index (χ3n) is 5.59. The Bertz CT molecular complexity index is 1030. The molecule has 0 amide bonds. The number of hydrogen-bond acceptors (Lipinski definition) is 1. The molecule has 0 saturated carbocycles. The van der Waals surface area contributed by atoms with Gasteiger partial charge in [0, 0.05) is 12.4 Å². The van der Waals surface area contributed by atoms with E-state index < -0.39 is 0 Å². The standard InChI is InChI=1S/C28H27N/c1-2-25-5-3-4-6-28(25)21-24-11-9-22(10-12-24)7-8-23-13-15-26(16-14-23)27-17-19-29-20-18-27/h3-6,9-20H,2,7-8,21H2,1H3. The highest BCUT2D eigenvalue weighted by Gasteiger charge is 2.03. The zero-order chi connectivity index (χ0) is 19.9. The molecular weight excluding hydrogens is 350 g/mol. The molecule has 0 aliphatic heterocycles. The normalized spacial score (nSPS) is 10.8. The Balaban J connectivity index is 1.35. The Morgan fingerprint density at radius 1 is 0.552 bits per heavy atom. The van der Waals surface area contributed by atoms with E-state index in [4.69, 9.17) is 0 Å². The lowest BCUT2D eigenvalue weighted by Crippen LogP contribution is -1.95. The molecule has 1 aromatic heterocycles. The number of pyridine rings is 1. The van der Waals surface area contributed by atoms with Crippen LogP contribution in [0.3, 0.4) is 0 Å². The van der Waals surface area contributed by atoms with E-state index in [1.807, 2.05) is 12.4 Å². The Morgan fingerprint density at radius 3 is 1.69 bits per heavy atom. The maximum absolute atomic E-state index is 4.09. The summed E-state index contributed by atoms with van der Waals surface area (Å²) in [7, 11) is 0. The summed E-state index contributed by atoms with van der Waals surface area (Å²) in [6.45, 7) is 2.23. The van der Waals surface area contributed by atoms with Crippen molar-refractivity contribution in [1.82, 2.24) is 4.98 Å². The van der Waals surface area contributed by atoms with Crippen molar-refractivity contribution < 1.29 is 0 Å². The minimum atomic E-state index is 1.01. The van der Waals surface area contributed by atoms with Crippen molar-refractivity contribution in [3.8, 4) is 11.1 Å². The molecule has 0 atom stereocenters. The first-order chi connectivity index (χ1) is 14.3. The van der Waals surface area contributed by atoms with Gasteiger partial charge in [0.05, 0.1) is 0 Å². The Morgan fingerprint density at radius 2 is 1.07 bits per heavy atom. The van der Waals surface area contributed by atoms with Crippen LogP contribution in [0.4, 0.5) is 0 Å². The van der Waals surface area contributed by atoms with Crippen molar-refractivity contribution >= 4 is 0 Å². The van der Waals surface area contributed by atoms with Crippen LogP contribution in [0.25, 0.3) is 11.1 Å². The highest BCUT2D eigenvalue weighted by atomic mass is 14.6. The molecule has 0 fully saturated rings. The quantitative estimate of drug-likeness (QED) is 0.350. The summed E-state index contributed by atoms with van der Waals surface area (Å²) in [5.74, 6) is 0. The van der Waals surface area contributed by atoms with Gasteiger partial charge in [0.25, 0.3) is 0 Å². The predicted molar refractivity (Wildman–Crippen MR) is 122 cm³/mol. The first kappa shape index (κ1) is 19.1. The largest absolute Gasteiger partial charge is 0.265 e. The fourth-order valence-corrected chi connectivity index (χ4v) is 3.82. The second kappa shape index (κ2) is 9.34. The van der Waals surface area contributed by atoms with Crippen LogP contribution < -0.4 is 0 Å². The van der Waals surface area contributed by atoms with Crippen molar-refractivity contribution in [3.63, 3.8) is 0 Å². The van der Waals surface area contributed by atoms with Crippen molar-refractivity contribution in [2.75, 3.05) is 0 Å². The van der Waals surface area contributed by atoms with Crippen molar-refractivity contribution in [2.24, 2.45) is 0 Å². The average Bonchev–Trinajstić information content (AvgIpc) is 2.80. The van der Waals surface area contributed by atoms with Gasteiger partial charge in [-0.15, -0.1) is 0 Å². The first-order valence-electron chi connectivity index (χ1n) is 10.5. The lowest BCUT2D eigenvalue weighted by molar-refractivity contribution is 0.957. The van der Waals surface area contributed by atoms with Crippen LogP contribution in [0.2, 0.25) is 0 Å². The molecule has 0 unspecified atom stereocenters. The van der Waals surface area contributed by atoms with E-state index in [1.54, 1.807) is 0 Å². The van der Waals surface area contributed by atoms with Crippen molar-refractivity contribution in [2.45, 2.75) is 32.6 Å². The molecule has 4 aromatic rings. The van der Waals surface area contributed by atoms with Crippen LogP contribution in [0.5, 0.6) is 0 Å². The average molecular weight is 378 g/mol. The number of nitrogens with zero attached hydrogens (tertiary/aromatic N) is 1. The summed E-state index contributed by atoms with van der Waals surface area (Å²) >= 11 is 0. The first-order valence-corrected chi connectivity index (χ1v) is 10.5. The summed E-state index contributed by atoms with van der Waals surface area (Å²) < 4.78 is 0. The fraction of sp³-hybridized carbons (Fsp3) is 0.179. The summed E-state index contributed by atoms with van der Waals surface area (Å²) in [4.78, 5) is 4.09. The van der Waals surface area contributed by atoms with Gasteiger partial charge in [-0.05, 0) is 76.8 Å². The monoisotopic (exact) mass is 377 g/mol. The number of rotatable bonds is 7. The van der Waals surface area contributed by atoms with Gasteiger partial charge in [0.1, 0.15) is 0 Å². The van der Waals surface area contributed by atoms with Crippen LogP contribution in [0, 0.1) is 0 Å². The van der Waals surface area contributed by atoms with Gasteiger partial charge in [0.2, 0.25) is 0 Å². The van der Waals surface area contributed by atoms with Gasteiger partial charge in [-0.25, -0.2) is 0 Å². The Kier molecular flexibility index (Phi) is 6.16. The van der Waals surface area contributed by atoms with E-state index in [2.05, 4.69) is 96.8 Å². The molecule has 0 radical (unpaired) electrons. The van der Waals surface area contributed by atoms with Crippen LogP contribution in [0.15, 0.2) is 97.3 Å². The second-order valence-electron chi connectivity index (χ2n) is 7.55. The second-order valence-corrected chi connectivity index (χ2v) is 7.55. The van der Waals surface area contributed by atoms with Gasteiger partial charge >= 0.3 is 0 Å². The molecule has 4 rings (SSSR count). The lowest BCUT2D eigenvalue weighted by atomic mass is 9.96. The SMILES string of the molecule is CCc1ccccc1Cc1ccc(CCc2ccc(-c3ccncc3)cc2)cc1. The molecule has 0 spiro atoms. The summed E-state index contributed by atoms with van der Waals surface area (Å²) in [6, 6.07) is 30.9. The van der Waals surface area contributed by atoms with Gasteiger partial charge in [-0.2, -0.15) is 0 Å². The maximum Gasteiger partial charge on any atom is 0.0273 e. The Hall–Kier alpha value is -3.19. The smallest absolute Gasteiger partial charge is 0.0273 e. The molecule has 144 valence electrons. The van der Waals surface area contributed by atoms with Gasteiger partial charge in [-0.3, -0.25) is 4.98 Å². The topological polar surface area (TPSA) is 12.9 Å². The number of aromatic nitrogens is 1. The van der Waals surface area contributed by atoms with E-state index in [0.717, 1.165) is 25.7 Å². The highest BCUT2D eigenvalue weighted by Crippen LogP contribution is 2.20. The van der Waals surface area contributed by atoms with E-state index in [-0.39, 0.29) is 0 Å². The summed E-state index contributed by atoms with van der Waals surface area (Å²) in [5, 5.41) is 0. The van der Waals surface area contributed by atoms with E-state index >= 15 is 0 Å². The minimum absolute atomic E-state index is 1.01. The number of hydrogen-bond donors (Lipinski definition) is 0. The van der Waals surface area contributed by atoms with Crippen LogP contribution in [0.1, 0.15) is 34.7 Å². The zero-order valence-electron chi connectivity index (χ0n) is 17.0. The van der Waals surface area contributed by atoms with Crippen LogP contribution in [-0.4, -0.2) is 4.98 Å². The predicted octanol–water partition coefficient (Wildman–Crippen LogP) is 6.69. The lowest BCUT2D eigenvalue weighted by Gasteiger charge is -2.09. The molecule has 3 aromatic carbocycles. The maximum atomic E-state index is 4.09. The van der Waals surface area contributed by atoms with Gasteiger partial charge < -0.3 is 0 Å². The Labute approximate surface area is 174 Å². The molecule has 29 heavy (non-hydrogen) atoms. The molecule has 1 heterocycles. The third-order valence-corrected chi connectivity index (χ3v) is 5.59. The van der Waals surface area contributed by atoms with Crippen molar-refractivity contribution in [1.29, 1.82) is 0 Å². The van der Waals surface area contributed by atoms with Gasteiger partial charge in [-0.1, -0.05) is 79.7 Å². The number of benzene rings is 3. The molecule has 1 nitrogen and oxygen atoms in total. The van der Waals surface area contributed by atoms with Crippen LogP contribution >= 0.6 is 0 Å². The third kappa shape index (κ3) is 5.00. The zero-order valence-corrected chi connectivity index (χ0v) is 17.0. The molecule has 0 bridgehead atoms. The number of aryl methyl sites for hydroxylation is 3. The van der Waals surface area contributed by atoms with E-state index in [0.29, 0.717) is 0 Å². The summed E-state index contributed by atoms with van der Waals surface area (Å²) in [5.41, 5.74) is 9.51. The van der Waals surface area contributed by atoms with E-state index in [9.17, 15) is 0 Å². The molecule has 0 aliphatic carbocycles. The highest BCUT2D eigenvalue weighted by molar-refractivity contribution is 5.62. The van der Waals surface area contributed by atoms with Gasteiger partial charge in [0.15, 0.2) is 0 Å². The molecule has 1 heteroatoms. The molecule has 0 aliphatic rings. The van der Waals surface area contributed by atoms with E-state index in [1.165, 1.54) is 38.9 Å². The van der Waals surface area contributed by atoms with Crippen LogP contribution in [-0.2, 0) is 25.7 Å². The minimum Gasteiger partial charge on any atom is -0.265 e. The molecular formula is C28H27N.